The van der Waals surface area contributed by atoms with Crippen LogP contribution in [0.4, 0.5) is 21.9 Å². The first-order valence-electron chi connectivity index (χ1n) is 16.1. The number of allylic oxidation sites excluding steroid dienone is 2. The van der Waals surface area contributed by atoms with Gasteiger partial charge in [0.2, 0.25) is 0 Å². The molecule has 0 aliphatic heterocycles. The summed E-state index contributed by atoms with van der Waals surface area (Å²) in [5.74, 6) is -1.39. The Labute approximate surface area is 287 Å². The van der Waals surface area contributed by atoms with Crippen molar-refractivity contribution in [2.75, 3.05) is 28.1 Å². The van der Waals surface area contributed by atoms with Crippen molar-refractivity contribution < 1.29 is 27.9 Å². The maximum absolute atomic E-state index is 14.0. The molecular weight excluding hydrogens is 641 g/mol. The van der Waals surface area contributed by atoms with E-state index in [9.17, 15) is 22.8 Å². The van der Waals surface area contributed by atoms with Gasteiger partial charge in [0.25, 0.3) is 15.9 Å². The zero-order valence-corrected chi connectivity index (χ0v) is 28.4. The van der Waals surface area contributed by atoms with Crippen molar-refractivity contribution >= 4 is 50.6 Å². The van der Waals surface area contributed by atoms with E-state index >= 15 is 0 Å². The predicted octanol–water partition coefficient (Wildman–Crippen LogP) is 7.22. The van der Waals surface area contributed by atoms with E-state index in [0.717, 1.165) is 30.4 Å². The van der Waals surface area contributed by atoms with E-state index in [1.165, 1.54) is 29.4 Å². The van der Waals surface area contributed by atoms with E-state index in [-0.39, 0.29) is 24.4 Å². The molecule has 0 heterocycles. The van der Waals surface area contributed by atoms with Gasteiger partial charge in [-0.2, -0.15) is 0 Å². The first-order valence-corrected chi connectivity index (χ1v) is 17.6. The third-order valence-corrected chi connectivity index (χ3v) is 10.4. The minimum Gasteiger partial charge on any atom is -0.481 e. The van der Waals surface area contributed by atoms with Crippen molar-refractivity contribution in [3.8, 4) is 0 Å². The van der Waals surface area contributed by atoms with Gasteiger partial charge in [-0.15, -0.1) is 0 Å². The van der Waals surface area contributed by atoms with Gasteiger partial charge in [0, 0.05) is 30.5 Å². The lowest BCUT2D eigenvalue weighted by atomic mass is 9.93. The summed E-state index contributed by atoms with van der Waals surface area (Å²) in [5.41, 5.74) is 5.51. The molecule has 4 aromatic carbocycles. The Morgan fingerprint density at radius 3 is 2.22 bits per heavy atom. The van der Waals surface area contributed by atoms with Gasteiger partial charge >= 0.3 is 12.0 Å². The molecule has 0 saturated heterocycles. The maximum atomic E-state index is 14.0. The number of hydrogen-bond acceptors (Lipinski definition) is 5. The average Bonchev–Trinajstić information content (AvgIpc) is 3.12. The molecule has 10 nitrogen and oxygen atoms in total. The fraction of sp³-hybridized carbons (Fsp3) is 0.237. The summed E-state index contributed by atoms with van der Waals surface area (Å²) >= 11 is 0. The number of anilines is 3. The van der Waals surface area contributed by atoms with Gasteiger partial charge in [0.05, 0.1) is 23.5 Å². The molecule has 1 aliphatic rings. The van der Waals surface area contributed by atoms with Crippen LogP contribution in [0.25, 0.3) is 5.57 Å². The highest BCUT2D eigenvalue weighted by molar-refractivity contribution is 7.92. The molecule has 5 rings (SSSR count). The minimum atomic E-state index is -3.94. The lowest BCUT2D eigenvalue weighted by Crippen LogP contribution is -2.34. The highest BCUT2D eigenvalue weighted by Crippen LogP contribution is 2.30. The van der Waals surface area contributed by atoms with E-state index in [1.807, 2.05) is 30.3 Å². The van der Waals surface area contributed by atoms with Gasteiger partial charge in [0.15, 0.2) is 0 Å². The number of urea groups is 1. The number of amides is 3. The summed E-state index contributed by atoms with van der Waals surface area (Å²) in [6, 6.07) is 27.6. The fourth-order valence-electron chi connectivity index (χ4n) is 5.64. The minimum absolute atomic E-state index is 0.0152. The zero-order valence-electron chi connectivity index (χ0n) is 27.6. The monoisotopic (exact) mass is 680 g/mol. The number of carbonyl (C=O) groups excluding carboxylic acids is 2. The Morgan fingerprint density at radius 1 is 0.857 bits per heavy atom. The predicted molar refractivity (Wildman–Crippen MR) is 192 cm³/mol. The molecule has 0 saturated carbocycles. The highest BCUT2D eigenvalue weighted by Gasteiger charge is 2.25. The van der Waals surface area contributed by atoms with Crippen molar-refractivity contribution in [2.24, 2.45) is 0 Å². The van der Waals surface area contributed by atoms with Crippen molar-refractivity contribution in [1.82, 2.24) is 5.32 Å². The van der Waals surface area contributed by atoms with E-state index in [2.05, 4.69) is 16.7 Å². The average molecular weight is 681 g/mol. The lowest BCUT2D eigenvalue weighted by Gasteiger charge is -2.25. The fourth-order valence-corrected chi connectivity index (χ4v) is 7.08. The summed E-state index contributed by atoms with van der Waals surface area (Å²) < 4.78 is 28.5. The molecule has 254 valence electrons. The molecule has 3 amide bonds. The van der Waals surface area contributed by atoms with Gasteiger partial charge in [-0.3, -0.25) is 18.8 Å². The van der Waals surface area contributed by atoms with Crippen molar-refractivity contribution in [2.45, 2.75) is 50.5 Å². The van der Waals surface area contributed by atoms with Crippen LogP contribution in [-0.4, -0.2) is 45.0 Å². The van der Waals surface area contributed by atoms with E-state index < -0.39 is 27.9 Å². The molecule has 0 aromatic heterocycles. The summed E-state index contributed by atoms with van der Waals surface area (Å²) in [7, 11) is -2.44. The number of carboxylic acid groups (broad SMARTS) is 1. The Hall–Kier alpha value is -5.42. The SMILES string of the molecule is Cc1ccc(NC(=O)N(Cc2ccc(C(=O)NCCC(=O)O)cc2)c2ccc(C3=CCCCC3)cc2)cc1S(=O)(=O)N(C)c1ccccc1. The van der Waals surface area contributed by atoms with Crippen LogP contribution in [-0.2, 0) is 21.4 Å². The van der Waals surface area contributed by atoms with Gasteiger partial charge in [-0.05, 0) is 103 Å². The third-order valence-electron chi connectivity index (χ3n) is 8.46. The Morgan fingerprint density at radius 2 is 1.57 bits per heavy atom. The largest absolute Gasteiger partial charge is 0.481 e. The quantitative estimate of drug-likeness (QED) is 0.145. The molecule has 0 atom stereocenters. The smallest absolute Gasteiger partial charge is 0.326 e. The van der Waals surface area contributed by atoms with E-state index in [1.54, 1.807) is 72.5 Å². The molecule has 0 radical (unpaired) electrons. The van der Waals surface area contributed by atoms with Crippen LogP contribution in [0.1, 0.15) is 59.2 Å². The third kappa shape index (κ3) is 8.74. The molecule has 3 N–H and O–H groups in total. The molecule has 0 unspecified atom stereocenters. The zero-order chi connectivity index (χ0) is 35.0. The number of nitrogens with one attached hydrogen (secondary N) is 2. The molecule has 0 bridgehead atoms. The first-order chi connectivity index (χ1) is 23.5. The number of rotatable bonds is 12. The molecule has 0 spiro atoms. The number of hydrogen-bond donors (Lipinski definition) is 3. The Bertz CT molecular complexity index is 1940. The van der Waals surface area contributed by atoms with Crippen molar-refractivity contribution in [3.63, 3.8) is 0 Å². The molecule has 4 aromatic rings. The van der Waals surface area contributed by atoms with Crippen LogP contribution in [0.15, 0.2) is 108 Å². The summed E-state index contributed by atoms with van der Waals surface area (Å²) in [4.78, 5) is 38.9. The number of carboxylic acids is 1. The maximum Gasteiger partial charge on any atom is 0.326 e. The Balaban J connectivity index is 1.40. The topological polar surface area (TPSA) is 136 Å². The molecular formula is C38H40N4O6S. The second-order valence-electron chi connectivity index (χ2n) is 11.9. The van der Waals surface area contributed by atoms with Crippen LogP contribution in [0.3, 0.4) is 0 Å². The van der Waals surface area contributed by atoms with Crippen LogP contribution < -0.4 is 19.8 Å². The second-order valence-corrected chi connectivity index (χ2v) is 13.9. The number of carbonyl (C=O) groups is 3. The number of aryl methyl sites for hydroxylation is 1. The highest BCUT2D eigenvalue weighted by atomic mass is 32.2. The molecule has 49 heavy (non-hydrogen) atoms. The van der Waals surface area contributed by atoms with Crippen LogP contribution in [0.2, 0.25) is 0 Å². The van der Waals surface area contributed by atoms with E-state index in [4.69, 9.17) is 5.11 Å². The lowest BCUT2D eigenvalue weighted by molar-refractivity contribution is -0.136. The number of nitrogens with zero attached hydrogens (tertiary/aromatic N) is 2. The normalized spacial score (nSPS) is 12.8. The van der Waals surface area contributed by atoms with Gasteiger partial charge in [0.1, 0.15) is 0 Å². The van der Waals surface area contributed by atoms with Crippen LogP contribution in [0, 0.1) is 6.92 Å². The standard InChI is InChI=1S/C38H40N4O6S/c1-27-13-20-32(25-35(27)49(47,48)41(2)33-11-7-4-8-12-33)40-38(46)42(34-21-18-30(19-22-34)29-9-5-3-6-10-29)26-28-14-16-31(17-15-28)37(45)39-24-23-36(43)44/h4,7-9,11-22,25H,3,5-6,10,23-24,26H2,1-2H3,(H,39,45)(H,40,46)(H,43,44). The summed E-state index contributed by atoms with van der Waals surface area (Å²) in [6.45, 7) is 1.88. The van der Waals surface area contributed by atoms with Gasteiger partial charge < -0.3 is 15.7 Å². The second kappa shape index (κ2) is 15.7. The summed E-state index contributed by atoms with van der Waals surface area (Å²) in [5, 5.41) is 14.3. The number of para-hydroxylation sites is 1. The number of benzene rings is 4. The number of aliphatic carboxylic acids is 1. The Kier molecular flexibility index (Phi) is 11.1. The van der Waals surface area contributed by atoms with Gasteiger partial charge in [-0.1, -0.05) is 54.6 Å². The van der Waals surface area contributed by atoms with Crippen molar-refractivity contribution in [3.05, 3.63) is 125 Å². The van der Waals surface area contributed by atoms with Crippen LogP contribution >= 0.6 is 0 Å². The summed E-state index contributed by atoms with van der Waals surface area (Å²) in [6.07, 6.45) is 6.48. The first kappa shape index (κ1) is 34.9. The van der Waals surface area contributed by atoms with Gasteiger partial charge in [-0.25, -0.2) is 13.2 Å². The van der Waals surface area contributed by atoms with Crippen LogP contribution in [0.5, 0.6) is 0 Å². The van der Waals surface area contributed by atoms with Crippen molar-refractivity contribution in [1.29, 1.82) is 0 Å². The molecule has 0 fully saturated rings. The molecule has 11 heteroatoms. The molecule has 1 aliphatic carbocycles. The van der Waals surface area contributed by atoms with E-state index in [0.29, 0.717) is 28.2 Å². The number of sulfonamides is 1.